The number of aromatic amines is 1. The fraction of sp³-hybridized carbons (Fsp3) is 0.353. The molecule has 1 aliphatic rings. The number of carbonyl (C=O) groups excluding carboxylic acids is 3. The van der Waals surface area contributed by atoms with Crippen LogP contribution in [0.3, 0.4) is 0 Å². The molecule has 3 amide bonds. The summed E-state index contributed by atoms with van der Waals surface area (Å²) in [6.45, 7) is 0.833. The Morgan fingerprint density at radius 1 is 1.19 bits per heavy atom. The highest BCUT2D eigenvalue weighted by Gasteiger charge is 2.26. The predicted molar refractivity (Wildman–Crippen MR) is 92.1 cm³/mol. The Kier molecular flexibility index (Phi) is 5.57. The van der Waals surface area contributed by atoms with Crippen LogP contribution in [-0.2, 0) is 11.3 Å². The fourth-order valence-corrected chi connectivity index (χ4v) is 2.71. The number of nitrogens with zero attached hydrogens (tertiary/aromatic N) is 2. The van der Waals surface area contributed by atoms with Gasteiger partial charge >= 0.3 is 0 Å². The van der Waals surface area contributed by atoms with Crippen LogP contribution in [0.15, 0.2) is 30.7 Å². The minimum absolute atomic E-state index is 0.0411. The molecule has 3 rings (SSSR count). The summed E-state index contributed by atoms with van der Waals surface area (Å²) in [6, 6.07) is 4.77. The largest absolute Gasteiger partial charge is 0.354 e. The molecule has 1 atom stereocenters. The summed E-state index contributed by atoms with van der Waals surface area (Å²) >= 11 is 0. The third kappa shape index (κ3) is 4.24. The third-order valence-corrected chi connectivity index (χ3v) is 4.08. The van der Waals surface area contributed by atoms with Gasteiger partial charge in [0.15, 0.2) is 5.69 Å². The lowest BCUT2D eigenvalue weighted by Gasteiger charge is -2.14. The zero-order valence-corrected chi connectivity index (χ0v) is 14.1. The molecule has 0 aromatic carbocycles. The van der Waals surface area contributed by atoms with Crippen LogP contribution in [0, 0.1) is 0 Å². The SMILES string of the molecule is O=C(NC1CCCCNC1=O)c1nc[nH]c1C(=O)NCc1ccccn1. The van der Waals surface area contributed by atoms with Gasteiger partial charge in [-0.2, -0.15) is 0 Å². The number of imidazole rings is 1. The number of H-pyrrole nitrogens is 1. The summed E-state index contributed by atoms with van der Waals surface area (Å²) in [5, 5.41) is 8.09. The Hall–Kier alpha value is -3.23. The van der Waals surface area contributed by atoms with Gasteiger partial charge in [0.2, 0.25) is 5.91 Å². The van der Waals surface area contributed by atoms with Gasteiger partial charge in [0.05, 0.1) is 18.6 Å². The Bertz CT molecular complexity index is 789. The van der Waals surface area contributed by atoms with Crippen molar-refractivity contribution >= 4 is 17.7 Å². The van der Waals surface area contributed by atoms with Crippen molar-refractivity contribution in [3.05, 3.63) is 47.8 Å². The first-order valence-electron chi connectivity index (χ1n) is 8.45. The van der Waals surface area contributed by atoms with Gasteiger partial charge < -0.3 is 20.9 Å². The lowest BCUT2D eigenvalue weighted by Crippen LogP contribution is -2.46. The van der Waals surface area contributed by atoms with Crippen molar-refractivity contribution in [2.24, 2.45) is 0 Å². The molecule has 0 spiro atoms. The summed E-state index contributed by atoms with van der Waals surface area (Å²) < 4.78 is 0. The maximum Gasteiger partial charge on any atom is 0.272 e. The van der Waals surface area contributed by atoms with E-state index >= 15 is 0 Å². The van der Waals surface area contributed by atoms with E-state index in [9.17, 15) is 14.4 Å². The number of amides is 3. The van der Waals surface area contributed by atoms with E-state index in [4.69, 9.17) is 0 Å². The van der Waals surface area contributed by atoms with E-state index in [1.807, 2.05) is 6.07 Å². The van der Waals surface area contributed by atoms with Gasteiger partial charge in [0.25, 0.3) is 11.8 Å². The molecule has 0 aliphatic carbocycles. The molecule has 4 N–H and O–H groups in total. The van der Waals surface area contributed by atoms with Crippen LogP contribution in [0.25, 0.3) is 0 Å². The van der Waals surface area contributed by atoms with E-state index in [1.54, 1.807) is 18.3 Å². The van der Waals surface area contributed by atoms with Crippen LogP contribution in [0.2, 0.25) is 0 Å². The zero-order chi connectivity index (χ0) is 18.4. The number of nitrogens with one attached hydrogen (secondary N) is 4. The number of carbonyl (C=O) groups is 3. The number of hydrogen-bond acceptors (Lipinski definition) is 5. The quantitative estimate of drug-likeness (QED) is 0.605. The summed E-state index contributed by atoms with van der Waals surface area (Å²) in [5.74, 6) is -1.24. The molecule has 1 unspecified atom stereocenters. The second-order valence-electron chi connectivity index (χ2n) is 5.94. The van der Waals surface area contributed by atoms with Crippen LogP contribution in [-0.4, -0.2) is 45.3 Å². The van der Waals surface area contributed by atoms with Gasteiger partial charge in [-0.25, -0.2) is 4.98 Å². The number of rotatable bonds is 5. The first kappa shape index (κ1) is 17.6. The average Bonchev–Trinajstić information content (AvgIpc) is 3.07. The second kappa shape index (κ2) is 8.24. The molecule has 1 saturated heterocycles. The Balaban J connectivity index is 1.64. The van der Waals surface area contributed by atoms with E-state index in [0.717, 1.165) is 12.8 Å². The molecule has 0 saturated carbocycles. The first-order chi connectivity index (χ1) is 12.6. The highest BCUT2D eigenvalue weighted by molar-refractivity contribution is 6.05. The minimum Gasteiger partial charge on any atom is -0.354 e. The van der Waals surface area contributed by atoms with Gasteiger partial charge in [-0.15, -0.1) is 0 Å². The van der Waals surface area contributed by atoms with Crippen LogP contribution in [0.4, 0.5) is 0 Å². The van der Waals surface area contributed by atoms with Crippen LogP contribution in [0.5, 0.6) is 0 Å². The topological polar surface area (TPSA) is 129 Å². The smallest absolute Gasteiger partial charge is 0.272 e. The van der Waals surface area contributed by atoms with E-state index in [2.05, 4.69) is 30.9 Å². The number of hydrogen-bond donors (Lipinski definition) is 4. The third-order valence-electron chi connectivity index (χ3n) is 4.08. The Labute approximate surface area is 150 Å². The molecule has 1 fully saturated rings. The maximum atomic E-state index is 12.5. The minimum atomic E-state index is -0.619. The zero-order valence-electron chi connectivity index (χ0n) is 14.1. The van der Waals surface area contributed by atoms with Crippen molar-refractivity contribution in [1.82, 2.24) is 30.9 Å². The maximum absolute atomic E-state index is 12.5. The summed E-state index contributed by atoms with van der Waals surface area (Å²) in [4.78, 5) is 47.5. The summed E-state index contributed by atoms with van der Waals surface area (Å²) in [6.07, 6.45) is 5.18. The second-order valence-corrected chi connectivity index (χ2v) is 5.94. The van der Waals surface area contributed by atoms with Crippen molar-refractivity contribution in [2.45, 2.75) is 31.8 Å². The van der Waals surface area contributed by atoms with Crippen molar-refractivity contribution in [2.75, 3.05) is 6.54 Å². The molecular weight excluding hydrogens is 336 g/mol. The van der Waals surface area contributed by atoms with Crippen molar-refractivity contribution < 1.29 is 14.4 Å². The molecule has 1 aliphatic heterocycles. The summed E-state index contributed by atoms with van der Waals surface area (Å²) in [5.41, 5.74) is 0.703. The van der Waals surface area contributed by atoms with Crippen molar-refractivity contribution in [3.63, 3.8) is 0 Å². The van der Waals surface area contributed by atoms with E-state index in [1.165, 1.54) is 6.33 Å². The molecule has 9 nitrogen and oxygen atoms in total. The molecule has 2 aromatic rings. The molecule has 3 heterocycles. The summed E-state index contributed by atoms with van der Waals surface area (Å²) in [7, 11) is 0. The lowest BCUT2D eigenvalue weighted by atomic mass is 10.1. The molecule has 2 aromatic heterocycles. The van der Waals surface area contributed by atoms with Crippen LogP contribution < -0.4 is 16.0 Å². The molecular formula is C17H20N6O3. The Morgan fingerprint density at radius 2 is 2.08 bits per heavy atom. The lowest BCUT2D eigenvalue weighted by molar-refractivity contribution is -0.122. The van der Waals surface area contributed by atoms with Crippen LogP contribution >= 0.6 is 0 Å². The van der Waals surface area contributed by atoms with Gasteiger partial charge in [0.1, 0.15) is 11.7 Å². The van der Waals surface area contributed by atoms with Crippen molar-refractivity contribution in [1.29, 1.82) is 0 Å². The fourth-order valence-electron chi connectivity index (χ4n) is 2.71. The van der Waals surface area contributed by atoms with Crippen molar-refractivity contribution in [3.8, 4) is 0 Å². The normalized spacial score (nSPS) is 17.1. The van der Waals surface area contributed by atoms with Crippen LogP contribution in [0.1, 0.15) is 45.9 Å². The van der Waals surface area contributed by atoms with Gasteiger partial charge in [-0.3, -0.25) is 19.4 Å². The molecule has 9 heteroatoms. The molecule has 26 heavy (non-hydrogen) atoms. The predicted octanol–water partition coefficient (Wildman–Crippen LogP) is 0.133. The van der Waals surface area contributed by atoms with E-state index in [0.29, 0.717) is 18.7 Å². The highest BCUT2D eigenvalue weighted by atomic mass is 16.2. The number of aromatic nitrogens is 3. The molecule has 0 bridgehead atoms. The standard InChI is InChI=1S/C17H20N6O3/c24-15-12(6-2-4-8-19-15)23-17(26)14-13(21-10-22-14)16(25)20-9-11-5-1-3-7-18-11/h1,3,5,7,10,12H,2,4,6,8-9H2,(H,19,24)(H,20,25)(H,21,22)(H,23,26). The van der Waals surface area contributed by atoms with E-state index < -0.39 is 17.9 Å². The molecule has 136 valence electrons. The van der Waals surface area contributed by atoms with E-state index in [-0.39, 0.29) is 23.8 Å². The Morgan fingerprint density at radius 3 is 2.88 bits per heavy atom. The first-order valence-corrected chi connectivity index (χ1v) is 8.45. The average molecular weight is 356 g/mol. The highest BCUT2D eigenvalue weighted by Crippen LogP contribution is 2.08. The van der Waals surface area contributed by atoms with Gasteiger partial charge in [-0.1, -0.05) is 6.07 Å². The monoisotopic (exact) mass is 356 g/mol. The van der Waals surface area contributed by atoms with Gasteiger partial charge in [-0.05, 0) is 31.4 Å². The number of pyridine rings is 1. The molecule has 0 radical (unpaired) electrons. The van der Waals surface area contributed by atoms with Gasteiger partial charge in [0, 0.05) is 12.7 Å².